The number of nitrogens with zero attached hydrogens (tertiary/aromatic N) is 1. The van der Waals surface area contributed by atoms with Gasteiger partial charge in [0.25, 0.3) is 0 Å². The van der Waals surface area contributed by atoms with Crippen molar-refractivity contribution in [3.8, 4) is 0 Å². The van der Waals surface area contributed by atoms with Crippen LogP contribution in [0.5, 0.6) is 0 Å². The van der Waals surface area contributed by atoms with Gasteiger partial charge in [0.15, 0.2) is 0 Å². The van der Waals surface area contributed by atoms with E-state index in [1.54, 1.807) is 0 Å². The van der Waals surface area contributed by atoms with E-state index in [9.17, 15) is 0 Å². The van der Waals surface area contributed by atoms with E-state index in [2.05, 4.69) is 184 Å². The SMILES string of the molecule is C=C(/C=C(C)/C=C1/N(C)c2ccc(Cl)cc2C1(Cc1ccccc1)Cc1ccccc1)C(C)(Cc1ccccc1)c1c(C)ccc2ccccc12. The van der Waals surface area contributed by atoms with Crippen molar-refractivity contribution < 1.29 is 0 Å². The van der Waals surface area contributed by atoms with Crippen LogP contribution >= 0.6 is 11.6 Å². The molecule has 1 nitrogen and oxygen atoms in total. The number of likely N-dealkylation sites (N-methyl/N-ethyl adjacent to an activating group) is 1. The number of rotatable bonds is 10. The highest BCUT2D eigenvalue weighted by Crippen LogP contribution is 2.52. The molecule has 1 aliphatic rings. The first kappa shape index (κ1) is 34.3. The molecule has 7 rings (SSSR count). The first-order valence-electron chi connectivity index (χ1n) is 17.9. The number of hydrogen-bond donors (Lipinski definition) is 0. The second kappa shape index (κ2) is 14.3. The van der Waals surface area contributed by atoms with Gasteiger partial charge in [-0.05, 0) is 113 Å². The van der Waals surface area contributed by atoms with Crippen LogP contribution in [-0.4, -0.2) is 7.05 Å². The predicted molar refractivity (Wildman–Crippen MR) is 219 cm³/mol. The maximum Gasteiger partial charge on any atom is 0.0457 e. The lowest BCUT2D eigenvalue weighted by Gasteiger charge is -2.35. The van der Waals surface area contributed by atoms with Crippen molar-refractivity contribution in [1.82, 2.24) is 0 Å². The average molecular weight is 684 g/mol. The zero-order valence-corrected chi connectivity index (χ0v) is 30.9. The topological polar surface area (TPSA) is 3.24 Å². The van der Waals surface area contributed by atoms with Gasteiger partial charge in [0, 0.05) is 34.3 Å². The summed E-state index contributed by atoms with van der Waals surface area (Å²) in [5.41, 5.74) is 11.8. The van der Waals surface area contributed by atoms with Gasteiger partial charge in [-0.15, -0.1) is 0 Å². The van der Waals surface area contributed by atoms with Crippen molar-refractivity contribution in [2.24, 2.45) is 0 Å². The molecule has 1 unspecified atom stereocenters. The van der Waals surface area contributed by atoms with Crippen molar-refractivity contribution in [3.63, 3.8) is 0 Å². The Hall–Kier alpha value is -5.11. The fourth-order valence-electron chi connectivity index (χ4n) is 8.50. The molecule has 1 heterocycles. The van der Waals surface area contributed by atoms with E-state index in [4.69, 9.17) is 18.2 Å². The highest BCUT2D eigenvalue weighted by molar-refractivity contribution is 6.30. The number of allylic oxidation sites excluding steroid dienone is 5. The molecule has 6 aromatic rings. The number of halogens is 1. The van der Waals surface area contributed by atoms with Crippen molar-refractivity contribution in [2.45, 2.75) is 50.9 Å². The summed E-state index contributed by atoms with van der Waals surface area (Å²) in [6.45, 7) is 11.7. The summed E-state index contributed by atoms with van der Waals surface area (Å²) in [4.78, 5) is 2.38. The van der Waals surface area contributed by atoms with Gasteiger partial charge in [0.05, 0.1) is 0 Å². The van der Waals surface area contributed by atoms with Crippen LogP contribution in [0.15, 0.2) is 181 Å². The largest absolute Gasteiger partial charge is 0.347 e. The summed E-state index contributed by atoms with van der Waals surface area (Å²) < 4.78 is 0. The third kappa shape index (κ3) is 6.72. The maximum absolute atomic E-state index is 6.79. The van der Waals surface area contributed by atoms with Crippen molar-refractivity contribution in [3.05, 3.63) is 220 Å². The molecule has 51 heavy (non-hydrogen) atoms. The van der Waals surface area contributed by atoms with Crippen molar-refractivity contribution in [2.75, 3.05) is 11.9 Å². The fourth-order valence-corrected chi connectivity index (χ4v) is 8.67. The quantitative estimate of drug-likeness (QED) is 0.130. The molecule has 1 aliphatic heterocycles. The molecule has 0 saturated carbocycles. The van der Waals surface area contributed by atoms with Crippen molar-refractivity contribution >= 4 is 28.1 Å². The zero-order chi connectivity index (χ0) is 35.6. The van der Waals surface area contributed by atoms with Crippen LogP contribution in [0.25, 0.3) is 10.8 Å². The molecule has 0 bridgehead atoms. The number of anilines is 1. The molecule has 0 aromatic heterocycles. The van der Waals surface area contributed by atoms with Crippen LogP contribution in [0.2, 0.25) is 5.02 Å². The zero-order valence-electron chi connectivity index (χ0n) is 30.2. The second-order valence-corrected chi connectivity index (χ2v) is 15.0. The van der Waals surface area contributed by atoms with Crippen LogP contribution in [0.4, 0.5) is 5.69 Å². The first-order chi connectivity index (χ1) is 24.7. The lowest BCUT2D eigenvalue weighted by atomic mass is 9.68. The number of aryl methyl sites for hydroxylation is 1. The summed E-state index contributed by atoms with van der Waals surface area (Å²) in [5.74, 6) is 0. The monoisotopic (exact) mass is 683 g/mol. The molecular weight excluding hydrogens is 638 g/mol. The van der Waals surface area contributed by atoms with E-state index in [1.807, 2.05) is 6.07 Å². The molecule has 0 aliphatic carbocycles. The Balaban J connectivity index is 1.39. The van der Waals surface area contributed by atoms with Gasteiger partial charge in [-0.25, -0.2) is 0 Å². The summed E-state index contributed by atoms with van der Waals surface area (Å²) in [5, 5.41) is 3.30. The molecule has 0 saturated heterocycles. The Morgan fingerprint density at radius 3 is 1.94 bits per heavy atom. The van der Waals surface area contributed by atoms with E-state index in [0.29, 0.717) is 0 Å². The number of fused-ring (bicyclic) bond motifs is 2. The van der Waals surface area contributed by atoms with Crippen molar-refractivity contribution in [1.29, 1.82) is 0 Å². The van der Waals surface area contributed by atoms with Crippen LogP contribution in [0.3, 0.4) is 0 Å². The minimum absolute atomic E-state index is 0.340. The van der Waals surface area contributed by atoms with Crippen LogP contribution < -0.4 is 4.90 Å². The summed E-state index contributed by atoms with van der Waals surface area (Å²) in [7, 11) is 2.21. The van der Waals surface area contributed by atoms with E-state index in [-0.39, 0.29) is 10.8 Å². The Labute approximate surface area is 309 Å². The minimum Gasteiger partial charge on any atom is -0.347 e. The van der Waals surface area contributed by atoms with Gasteiger partial charge in [0.1, 0.15) is 0 Å². The summed E-state index contributed by atoms with van der Waals surface area (Å²) in [6.07, 6.45) is 7.28. The third-order valence-electron chi connectivity index (χ3n) is 10.9. The molecule has 2 heteroatoms. The predicted octanol–water partition coefficient (Wildman–Crippen LogP) is 12.6. The standard InChI is InChI=1S/C49H46ClN/c1-35(29-37(3)48(4,32-38-17-9-6-10-18-38)47-36(2)25-26-41-23-15-16-24-43(41)47)30-46-49(33-39-19-11-7-12-20-39,34-40-21-13-8-14-22-40)44-31-42(50)27-28-45(44)51(46)5/h6-31H,3,32-34H2,1-2,4-5H3/b35-29+,46-30+. The highest BCUT2D eigenvalue weighted by atomic mass is 35.5. The fraction of sp³-hybridized carbons (Fsp3) is 0.184. The molecule has 6 aromatic carbocycles. The molecule has 0 fully saturated rings. The lowest BCUT2D eigenvalue weighted by Crippen LogP contribution is -2.34. The Morgan fingerprint density at radius 2 is 1.31 bits per heavy atom. The van der Waals surface area contributed by atoms with E-state index in [1.165, 1.54) is 61.1 Å². The molecule has 0 spiro atoms. The second-order valence-electron chi connectivity index (χ2n) is 14.5. The van der Waals surface area contributed by atoms with E-state index in [0.717, 1.165) is 29.9 Å². The van der Waals surface area contributed by atoms with Gasteiger partial charge in [-0.1, -0.05) is 159 Å². The Morgan fingerprint density at radius 1 is 0.745 bits per heavy atom. The molecule has 0 radical (unpaired) electrons. The van der Waals surface area contributed by atoms with Gasteiger partial charge in [0.2, 0.25) is 0 Å². The number of benzene rings is 6. The lowest BCUT2D eigenvalue weighted by molar-refractivity contribution is 0.507. The Bertz CT molecular complexity index is 2210. The molecule has 1 atom stereocenters. The molecule has 0 amide bonds. The first-order valence-corrected chi connectivity index (χ1v) is 18.3. The number of hydrogen-bond acceptors (Lipinski definition) is 1. The van der Waals surface area contributed by atoms with Crippen LogP contribution in [0.1, 0.15) is 47.2 Å². The van der Waals surface area contributed by atoms with Gasteiger partial charge < -0.3 is 4.90 Å². The smallest absolute Gasteiger partial charge is 0.0457 e. The normalized spacial score (nSPS) is 15.9. The highest BCUT2D eigenvalue weighted by Gasteiger charge is 2.46. The third-order valence-corrected chi connectivity index (χ3v) is 11.2. The van der Waals surface area contributed by atoms with Crippen LogP contribution in [-0.2, 0) is 30.1 Å². The van der Waals surface area contributed by atoms with Crippen LogP contribution in [0, 0.1) is 6.92 Å². The Kier molecular flexibility index (Phi) is 9.60. The minimum atomic E-state index is -0.352. The molecule has 0 N–H and O–H groups in total. The van der Waals surface area contributed by atoms with E-state index < -0.39 is 0 Å². The maximum atomic E-state index is 6.79. The van der Waals surface area contributed by atoms with E-state index >= 15 is 0 Å². The molecule has 254 valence electrons. The van der Waals surface area contributed by atoms with Gasteiger partial charge >= 0.3 is 0 Å². The van der Waals surface area contributed by atoms with Gasteiger partial charge in [-0.2, -0.15) is 0 Å². The van der Waals surface area contributed by atoms with Gasteiger partial charge in [-0.3, -0.25) is 0 Å². The summed E-state index contributed by atoms with van der Waals surface area (Å²) >= 11 is 6.79. The molecular formula is C49H46ClN. The summed E-state index contributed by atoms with van der Waals surface area (Å²) in [6, 6.07) is 52.3. The average Bonchev–Trinajstić information content (AvgIpc) is 3.34.